The Balaban J connectivity index is 1.79. The van der Waals surface area contributed by atoms with Crippen LogP contribution in [0.25, 0.3) is 0 Å². The van der Waals surface area contributed by atoms with Gasteiger partial charge in [0.1, 0.15) is 18.5 Å². The van der Waals surface area contributed by atoms with Gasteiger partial charge in [0.2, 0.25) is 0 Å². The first-order valence-electron chi connectivity index (χ1n) is 5.82. The van der Waals surface area contributed by atoms with Crippen molar-refractivity contribution >= 4 is 0 Å². The molecule has 7 heteroatoms. The summed E-state index contributed by atoms with van der Waals surface area (Å²) in [6.45, 7) is 2.34. The lowest BCUT2D eigenvalue weighted by Gasteiger charge is -2.15. The molecule has 1 aromatic carbocycles. The average molecular weight is 275 g/mol. The molecule has 2 saturated heterocycles. The fraction of sp³-hybridized carbons (Fsp3) is 0.500. The molecule has 2 aliphatic rings. The molecule has 1 spiro atoms. The van der Waals surface area contributed by atoms with Gasteiger partial charge in [-0.3, -0.25) is 5.32 Å². The van der Waals surface area contributed by atoms with Crippen molar-refractivity contribution in [3.8, 4) is 5.75 Å². The number of rotatable bonds is 2. The summed E-state index contributed by atoms with van der Waals surface area (Å²) in [6, 6.07) is 5.74. The Morgan fingerprint density at radius 3 is 2.74 bits per heavy atom. The predicted octanol–water partition coefficient (Wildman–Crippen LogP) is 2.32. The Labute approximate surface area is 107 Å². The molecule has 4 nitrogen and oxygen atoms in total. The van der Waals surface area contributed by atoms with Crippen LogP contribution in [0.2, 0.25) is 0 Å². The lowest BCUT2D eigenvalue weighted by atomic mass is 10.0. The summed E-state index contributed by atoms with van der Waals surface area (Å²) in [5.74, 6) is -0.996. The molecule has 0 radical (unpaired) electrons. The van der Waals surface area contributed by atoms with Crippen molar-refractivity contribution in [1.82, 2.24) is 5.32 Å². The molecule has 1 N–H and O–H groups in total. The van der Waals surface area contributed by atoms with E-state index in [9.17, 15) is 13.2 Å². The van der Waals surface area contributed by atoms with Gasteiger partial charge in [0.05, 0.1) is 0 Å². The summed E-state index contributed by atoms with van der Waals surface area (Å²) < 4.78 is 51.2. The lowest BCUT2D eigenvalue weighted by molar-refractivity contribution is -0.274. The van der Waals surface area contributed by atoms with Crippen LogP contribution in [0.15, 0.2) is 24.3 Å². The van der Waals surface area contributed by atoms with E-state index >= 15 is 0 Å². The monoisotopic (exact) mass is 275 g/mol. The molecule has 0 aromatic heterocycles. The van der Waals surface area contributed by atoms with E-state index in [1.807, 2.05) is 6.92 Å². The molecule has 104 valence electrons. The van der Waals surface area contributed by atoms with E-state index in [0.717, 1.165) is 0 Å². The second kappa shape index (κ2) is 4.09. The second-order valence-electron chi connectivity index (χ2n) is 4.63. The van der Waals surface area contributed by atoms with Gasteiger partial charge >= 0.3 is 6.36 Å². The Hall–Kier alpha value is -1.31. The van der Waals surface area contributed by atoms with Crippen molar-refractivity contribution in [1.29, 1.82) is 0 Å². The Morgan fingerprint density at radius 2 is 2.16 bits per heavy atom. The number of alkyl halides is 3. The SMILES string of the molecule is C[C@@H]1NC2(CO2)O[C@@H]1c1cccc(OC(F)(F)F)c1. The molecule has 3 atom stereocenters. The standard InChI is InChI=1S/C12H12F3NO3/c1-7-10(19-11(16-7)6-17-11)8-3-2-4-9(5-8)18-12(13,14)15/h2-5,7,10,16H,6H2,1H3/t7-,10-,11?/m0/s1. The highest BCUT2D eigenvalue weighted by Gasteiger charge is 2.55. The number of hydrogen-bond donors (Lipinski definition) is 1. The fourth-order valence-electron chi connectivity index (χ4n) is 2.23. The van der Waals surface area contributed by atoms with E-state index in [0.29, 0.717) is 12.2 Å². The molecule has 19 heavy (non-hydrogen) atoms. The summed E-state index contributed by atoms with van der Waals surface area (Å²) in [5, 5.41) is 3.11. The molecule has 1 unspecified atom stereocenters. The van der Waals surface area contributed by atoms with Crippen LogP contribution in [0.5, 0.6) is 5.75 Å². The van der Waals surface area contributed by atoms with E-state index < -0.39 is 12.3 Å². The molecule has 0 saturated carbocycles. The zero-order valence-corrected chi connectivity index (χ0v) is 10.0. The molecule has 1 aromatic rings. The largest absolute Gasteiger partial charge is 0.573 e. The highest BCUT2D eigenvalue weighted by atomic mass is 19.4. The predicted molar refractivity (Wildman–Crippen MR) is 58.2 cm³/mol. The first kappa shape index (κ1) is 12.7. The van der Waals surface area contributed by atoms with Crippen molar-refractivity contribution in [3.63, 3.8) is 0 Å². The van der Waals surface area contributed by atoms with Crippen LogP contribution in [0.1, 0.15) is 18.6 Å². The molecular weight excluding hydrogens is 263 g/mol. The van der Waals surface area contributed by atoms with Gasteiger partial charge in [-0.1, -0.05) is 12.1 Å². The summed E-state index contributed by atoms with van der Waals surface area (Å²) >= 11 is 0. The summed E-state index contributed by atoms with van der Waals surface area (Å²) in [6.07, 6.45) is -5.06. The topological polar surface area (TPSA) is 43.0 Å². The molecule has 2 aliphatic heterocycles. The molecule has 0 amide bonds. The van der Waals surface area contributed by atoms with Crippen LogP contribution in [-0.2, 0) is 9.47 Å². The maximum atomic E-state index is 12.2. The van der Waals surface area contributed by atoms with Gasteiger partial charge < -0.3 is 14.2 Å². The Kier molecular flexibility index (Phi) is 2.74. The fourth-order valence-corrected chi connectivity index (χ4v) is 2.23. The third-order valence-corrected chi connectivity index (χ3v) is 3.05. The van der Waals surface area contributed by atoms with Gasteiger partial charge in [0.25, 0.3) is 5.91 Å². The van der Waals surface area contributed by atoms with Crippen molar-refractivity contribution in [2.75, 3.05) is 6.61 Å². The molecule has 3 rings (SSSR count). The molecule has 2 heterocycles. The summed E-state index contributed by atoms with van der Waals surface area (Å²) in [5.41, 5.74) is 0.620. The molecule has 0 bridgehead atoms. The zero-order chi connectivity index (χ0) is 13.7. The van der Waals surface area contributed by atoms with Crippen LogP contribution in [0.3, 0.4) is 0 Å². The van der Waals surface area contributed by atoms with Crippen LogP contribution in [0, 0.1) is 0 Å². The smallest absolute Gasteiger partial charge is 0.406 e. The van der Waals surface area contributed by atoms with Crippen molar-refractivity contribution in [2.24, 2.45) is 0 Å². The Bertz CT molecular complexity index is 487. The maximum absolute atomic E-state index is 12.2. The number of epoxide rings is 1. The Morgan fingerprint density at radius 1 is 1.42 bits per heavy atom. The molecular formula is C12H12F3NO3. The highest BCUT2D eigenvalue weighted by molar-refractivity contribution is 5.31. The highest BCUT2D eigenvalue weighted by Crippen LogP contribution is 2.41. The quantitative estimate of drug-likeness (QED) is 0.841. The lowest BCUT2D eigenvalue weighted by Crippen LogP contribution is -2.31. The van der Waals surface area contributed by atoms with Crippen LogP contribution in [0.4, 0.5) is 13.2 Å². The molecule has 2 fully saturated rings. The third-order valence-electron chi connectivity index (χ3n) is 3.05. The zero-order valence-electron chi connectivity index (χ0n) is 10.0. The van der Waals surface area contributed by atoms with E-state index in [1.165, 1.54) is 18.2 Å². The van der Waals surface area contributed by atoms with Gasteiger partial charge in [0, 0.05) is 6.04 Å². The van der Waals surface area contributed by atoms with Crippen LogP contribution >= 0.6 is 0 Å². The van der Waals surface area contributed by atoms with Gasteiger partial charge in [-0.2, -0.15) is 0 Å². The second-order valence-corrected chi connectivity index (χ2v) is 4.63. The van der Waals surface area contributed by atoms with E-state index in [4.69, 9.17) is 9.47 Å². The van der Waals surface area contributed by atoms with Gasteiger partial charge in [0.15, 0.2) is 0 Å². The van der Waals surface area contributed by atoms with Crippen LogP contribution in [-0.4, -0.2) is 24.9 Å². The normalized spacial score (nSPS) is 33.7. The van der Waals surface area contributed by atoms with Gasteiger partial charge in [-0.25, -0.2) is 0 Å². The van der Waals surface area contributed by atoms with E-state index in [-0.39, 0.29) is 17.9 Å². The van der Waals surface area contributed by atoms with Crippen molar-refractivity contribution in [3.05, 3.63) is 29.8 Å². The average Bonchev–Trinajstić information content (AvgIpc) is 2.94. The minimum absolute atomic E-state index is 0.0522. The van der Waals surface area contributed by atoms with E-state index in [2.05, 4.69) is 10.1 Å². The number of halogens is 3. The summed E-state index contributed by atoms with van der Waals surface area (Å²) in [7, 11) is 0. The van der Waals surface area contributed by atoms with E-state index in [1.54, 1.807) is 6.07 Å². The number of hydrogen-bond acceptors (Lipinski definition) is 4. The van der Waals surface area contributed by atoms with Crippen molar-refractivity contribution in [2.45, 2.75) is 31.3 Å². The molecule has 0 aliphatic carbocycles. The summed E-state index contributed by atoms with van der Waals surface area (Å²) in [4.78, 5) is 0. The van der Waals surface area contributed by atoms with Crippen molar-refractivity contribution < 1.29 is 27.4 Å². The first-order valence-corrected chi connectivity index (χ1v) is 5.82. The minimum Gasteiger partial charge on any atom is -0.406 e. The number of benzene rings is 1. The number of ether oxygens (including phenoxy) is 3. The van der Waals surface area contributed by atoms with Gasteiger partial charge in [-0.05, 0) is 24.6 Å². The first-order chi connectivity index (χ1) is 8.87. The van der Waals surface area contributed by atoms with Gasteiger partial charge in [-0.15, -0.1) is 13.2 Å². The van der Waals surface area contributed by atoms with Crippen LogP contribution < -0.4 is 10.1 Å². The number of nitrogens with one attached hydrogen (secondary N) is 1. The minimum atomic E-state index is -4.69. The maximum Gasteiger partial charge on any atom is 0.573 e. The third kappa shape index (κ3) is 2.68.